The molecule has 0 aliphatic rings. The van der Waals surface area contributed by atoms with Gasteiger partial charge < -0.3 is 14.8 Å². The number of ether oxygens (including phenoxy) is 2. The number of nitrogens with one attached hydrogen (secondary N) is 1. The molecule has 2 heterocycles. The third kappa shape index (κ3) is 3.85. The fourth-order valence-corrected chi connectivity index (χ4v) is 1.85. The summed E-state index contributed by atoms with van der Waals surface area (Å²) in [5.41, 5.74) is 0.400. The average molecular weight is 318 g/mol. The van der Waals surface area contributed by atoms with Crippen LogP contribution in [0.4, 0.5) is 5.82 Å². The number of rotatable bonds is 5. The van der Waals surface area contributed by atoms with Crippen molar-refractivity contribution in [2.45, 2.75) is 20.0 Å². The van der Waals surface area contributed by atoms with Gasteiger partial charge in [0.1, 0.15) is 11.4 Å². The van der Waals surface area contributed by atoms with E-state index < -0.39 is 11.9 Å². The zero-order valence-corrected chi connectivity index (χ0v) is 13.4. The lowest BCUT2D eigenvalue weighted by atomic mass is 10.2. The molecule has 0 radical (unpaired) electrons. The quantitative estimate of drug-likeness (QED) is 0.842. The maximum atomic E-state index is 12.4. The number of carbonyl (C=O) groups is 2. The number of nitrogens with zero attached hydrogens (tertiary/aromatic N) is 3. The minimum absolute atomic E-state index is 0.107. The van der Waals surface area contributed by atoms with E-state index >= 15 is 0 Å². The van der Waals surface area contributed by atoms with Gasteiger partial charge in [0.2, 0.25) is 5.88 Å². The van der Waals surface area contributed by atoms with Crippen LogP contribution in [0.15, 0.2) is 24.4 Å². The molecule has 0 spiro atoms. The lowest BCUT2D eigenvalue weighted by Crippen LogP contribution is -2.18. The monoisotopic (exact) mass is 318 g/mol. The van der Waals surface area contributed by atoms with Gasteiger partial charge in [-0.25, -0.2) is 9.78 Å². The number of aryl methyl sites for hydroxylation is 1. The van der Waals surface area contributed by atoms with E-state index in [1.54, 1.807) is 25.4 Å². The predicted molar refractivity (Wildman–Crippen MR) is 82.5 cm³/mol. The number of amides is 1. The molecule has 0 saturated heterocycles. The Morgan fingerprint density at radius 1 is 1.35 bits per heavy atom. The highest BCUT2D eigenvalue weighted by Crippen LogP contribution is 2.18. The normalized spacial score (nSPS) is 10.5. The molecule has 0 fully saturated rings. The van der Waals surface area contributed by atoms with E-state index in [4.69, 9.17) is 4.74 Å². The second-order valence-electron chi connectivity index (χ2n) is 5.01. The summed E-state index contributed by atoms with van der Waals surface area (Å²) in [5.74, 6) is -0.385. The molecule has 0 aliphatic carbocycles. The molecule has 122 valence electrons. The first-order valence-electron chi connectivity index (χ1n) is 6.97. The van der Waals surface area contributed by atoms with Crippen LogP contribution in [0.2, 0.25) is 0 Å². The van der Waals surface area contributed by atoms with Crippen LogP contribution in [0.1, 0.15) is 34.7 Å². The molecule has 2 rings (SSSR count). The second-order valence-corrected chi connectivity index (χ2v) is 5.01. The van der Waals surface area contributed by atoms with Crippen molar-refractivity contribution in [3.63, 3.8) is 0 Å². The highest BCUT2D eigenvalue weighted by molar-refractivity contribution is 6.05. The van der Waals surface area contributed by atoms with Gasteiger partial charge in [-0.1, -0.05) is 0 Å². The number of esters is 1. The lowest BCUT2D eigenvalue weighted by Gasteiger charge is -2.12. The molecule has 0 aromatic carbocycles. The van der Waals surface area contributed by atoms with Gasteiger partial charge in [-0.05, 0) is 26.0 Å². The minimum atomic E-state index is -0.577. The number of hydrogen-bond donors (Lipinski definition) is 1. The Balaban J connectivity index is 2.23. The van der Waals surface area contributed by atoms with Gasteiger partial charge in [-0.2, -0.15) is 5.10 Å². The third-order valence-electron chi connectivity index (χ3n) is 2.88. The van der Waals surface area contributed by atoms with E-state index in [1.165, 1.54) is 17.9 Å². The van der Waals surface area contributed by atoms with E-state index in [2.05, 4.69) is 20.1 Å². The Labute approximate surface area is 133 Å². The van der Waals surface area contributed by atoms with Gasteiger partial charge in [0.25, 0.3) is 5.91 Å². The van der Waals surface area contributed by atoms with Crippen molar-refractivity contribution in [3.8, 4) is 5.88 Å². The van der Waals surface area contributed by atoms with Gasteiger partial charge in [0.15, 0.2) is 5.69 Å². The van der Waals surface area contributed by atoms with Crippen molar-refractivity contribution in [1.29, 1.82) is 0 Å². The smallest absolute Gasteiger partial charge is 0.358 e. The number of aromatic nitrogens is 3. The van der Waals surface area contributed by atoms with Crippen LogP contribution in [0, 0.1) is 0 Å². The summed E-state index contributed by atoms with van der Waals surface area (Å²) in [5, 5.41) is 6.65. The molecule has 1 amide bonds. The molecule has 2 aromatic heterocycles. The third-order valence-corrected chi connectivity index (χ3v) is 2.88. The Bertz CT molecular complexity index is 724. The van der Waals surface area contributed by atoms with Gasteiger partial charge in [0, 0.05) is 19.3 Å². The molecule has 0 unspecified atom stereocenters. The van der Waals surface area contributed by atoms with Crippen LogP contribution in [0.5, 0.6) is 5.88 Å². The van der Waals surface area contributed by atoms with Crippen molar-refractivity contribution in [2.24, 2.45) is 7.05 Å². The fraction of sp³-hybridized carbons (Fsp3) is 0.333. The summed E-state index contributed by atoms with van der Waals surface area (Å²) in [6, 6.07) is 4.69. The molecular formula is C15H18N4O4. The number of anilines is 1. The van der Waals surface area contributed by atoms with Crippen LogP contribution < -0.4 is 10.1 Å². The van der Waals surface area contributed by atoms with Crippen LogP contribution in [-0.4, -0.2) is 39.9 Å². The molecule has 8 heteroatoms. The number of carbonyl (C=O) groups excluding carboxylic acids is 2. The first kappa shape index (κ1) is 16.5. The van der Waals surface area contributed by atoms with Crippen LogP contribution in [0.25, 0.3) is 0 Å². The Kier molecular flexibility index (Phi) is 4.95. The maximum absolute atomic E-state index is 12.4. The molecule has 2 aromatic rings. The largest absolute Gasteiger partial charge is 0.474 e. The van der Waals surface area contributed by atoms with E-state index in [0.717, 1.165) is 0 Å². The Morgan fingerprint density at radius 2 is 2.09 bits per heavy atom. The standard InChI is InChI=1S/C15H18N4O4/c1-9(2)23-14-10(6-5-7-16-14)13(20)17-12-8-11(15(21)22-4)18-19(12)3/h5-9H,1-4H3,(H,17,20). The van der Waals surface area contributed by atoms with Crippen molar-refractivity contribution in [2.75, 3.05) is 12.4 Å². The summed E-state index contributed by atoms with van der Waals surface area (Å²) < 4.78 is 11.5. The zero-order chi connectivity index (χ0) is 17.0. The summed E-state index contributed by atoms with van der Waals surface area (Å²) >= 11 is 0. The summed E-state index contributed by atoms with van der Waals surface area (Å²) in [6.07, 6.45) is 1.44. The SMILES string of the molecule is COC(=O)c1cc(NC(=O)c2cccnc2OC(C)C)n(C)n1. The van der Waals surface area contributed by atoms with Gasteiger partial charge >= 0.3 is 5.97 Å². The molecule has 23 heavy (non-hydrogen) atoms. The van der Waals surface area contributed by atoms with E-state index in [1.807, 2.05) is 13.8 Å². The van der Waals surface area contributed by atoms with E-state index in [-0.39, 0.29) is 17.7 Å². The van der Waals surface area contributed by atoms with Crippen LogP contribution in [-0.2, 0) is 11.8 Å². The highest BCUT2D eigenvalue weighted by Gasteiger charge is 2.18. The van der Waals surface area contributed by atoms with E-state index in [0.29, 0.717) is 11.4 Å². The fourth-order valence-electron chi connectivity index (χ4n) is 1.85. The lowest BCUT2D eigenvalue weighted by molar-refractivity contribution is 0.0593. The van der Waals surface area contributed by atoms with Crippen molar-refractivity contribution in [3.05, 3.63) is 35.7 Å². The van der Waals surface area contributed by atoms with Crippen molar-refractivity contribution in [1.82, 2.24) is 14.8 Å². The summed E-state index contributed by atoms with van der Waals surface area (Å²) in [7, 11) is 2.87. The Hall–Kier alpha value is -2.90. The molecule has 0 saturated carbocycles. The van der Waals surface area contributed by atoms with Crippen LogP contribution in [0.3, 0.4) is 0 Å². The van der Waals surface area contributed by atoms with Crippen LogP contribution >= 0.6 is 0 Å². The minimum Gasteiger partial charge on any atom is -0.474 e. The first-order chi connectivity index (χ1) is 10.9. The molecule has 0 bridgehead atoms. The average Bonchev–Trinajstić information content (AvgIpc) is 2.87. The molecule has 0 aliphatic heterocycles. The number of hydrogen-bond acceptors (Lipinski definition) is 6. The van der Waals surface area contributed by atoms with E-state index in [9.17, 15) is 9.59 Å². The van der Waals surface area contributed by atoms with Crippen molar-refractivity contribution >= 4 is 17.7 Å². The maximum Gasteiger partial charge on any atom is 0.358 e. The topological polar surface area (TPSA) is 95.3 Å². The molecular weight excluding hydrogens is 300 g/mol. The molecule has 0 atom stereocenters. The zero-order valence-electron chi connectivity index (χ0n) is 13.4. The molecule has 8 nitrogen and oxygen atoms in total. The van der Waals surface area contributed by atoms with Crippen molar-refractivity contribution < 1.29 is 19.1 Å². The number of methoxy groups -OCH3 is 1. The second kappa shape index (κ2) is 6.91. The van der Waals surface area contributed by atoms with Gasteiger partial charge in [0.05, 0.1) is 13.2 Å². The predicted octanol–water partition coefficient (Wildman–Crippen LogP) is 1.64. The molecule has 1 N–H and O–H groups in total. The van der Waals surface area contributed by atoms with Gasteiger partial charge in [-0.3, -0.25) is 9.48 Å². The Morgan fingerprint density at radius 3 is 2.74 bits per heavy atom. The first-order valence-corrected chi connectivity index (χ1v) is 6.97. The highest BCUT2D eigenvalue weighted by atomic mass is 16.5. The summed E-state index contributed by atoms with van der Waals surface area (Å²) in [6.45, 7) is 3.69. The van der Waals surface area contributed by atoms with Gasteiger partial charge in [-0.15, -0.1) is 0 Å². The summed E-state index contributed by atoms with van der Waals surface area (Å²) in [4.78, 5) is 28.0. The number of pyridine rings is 1.